The van der Waals surface area contributed by atoms with Gasteiger partial charge in [0.25, 0.3) is 0 Å². The Kier molecular flexibility index (Phi) is 3.98. The van der Waals surface area contributed by atoms with E-state index in [-0.39, 0.29) is 12.1 Å². The molecule has 12 heavy (non-hydrogen) atoms. The third-order valence-electron chi connectivity index (χ3n) is 2.11. The van der Waals surface area contributed by atoms with Crippen molar-refractivity contribution in [3.05, 3.63) is 0 Å². The van der Waals surface area contributed by atoms with Crippen LogP contribution < -0.4 is 5.32 Å². The summed E-state index contributed by atoms with van der Waals surface area (Å²) in [5.74, 6) is 0.624. The fraction of sp³-hybridized carbons (Fsp3) is 1.00. The van der Waals surface area contributed by atoms with Crippen LogP contribution in [0.5, 0.6) is 0 Å². The third-order valence-corrected chi connectivity index (χ3v) is 2.11. The molecule has 1 aliphatic heterocycles. The van der Waals surface area contributed by atoms with Crippen molar-refractivity contribution in [1.29, 1.82) is 0 Å². The number of ether oxygens (including phenoxy) is 1. The Morgan fingerprint density at radius 2 is 2.33 bits per heavy atom. The van der Waals surface area contributed by atoms with Gasteiger partial charge in [-0.1, -0.05) is 13.8 Å². The van der Waals surface area contributed by atoms with Crippen molar-refractivity contribution < 1.29 is 9.84 Å². The topological polar surface area (TPSA) is 41.5 Å². The first-order valence-corrected chi connectivity index (χ1v) is 4.69. The summed E-state index contributed by atoms with van der Waals surface area (Å²) in [4.78, 5) is 0. The molecule has 3 heteroatoms. The molecule has 3 nitrogen and oxygen atoms in total. The van der Waals surface area contributed by atoms with Gasteiger partial charge < -0.3 is 15.2 Å². The largest absolute Gasteiger partial charge is 0.391 e. The normalized spacial score (nSPS) is 31.0. The highest BCUT2D eigenvalue weighted by atomic mass is 16.5. The van der Waals surface area contributed by atoms with Crippen LogP contribution in [-0.4, -0.2) is 37.0 Å². The maximum atomic E-state index is 9.54. The number of hydrogen-bond acceptors (Lipinski definition) is 3. The van der Waals surface area contributed by atoms with E-state index in [2.05, 4.69) is 19.2 Å². The Morgan fingerprint density at radius 3 is 2.92 bits per heavy atom. The van der Waals surface area contributed by atoms with Crippen molar-refractivity contribution in [3.63, 3.8) is 0 Å². The number of aliphatic hydroxyl groups is 1. The summed E-state index contributed by atoms with van der Waals surface area (Å²) < 4.78 is 5.26. The van der Waals surface area contributed by atoms with E-state index in [0.717, 1.165) is 13.0 Å². The van der Waals surface area contributed by atoms with Crippen LogP contribution in [0, 0.1) is 5.92 Å². The lowest BCUT2D eigenvalue weighted by Gasteiger charge is -2.29. The zero-order chi connectivity index (χ0) is 8.97. The van der Waals surface area contributed by atoms with Gasteiger partial charge in [0, 0.05) is 6.61 Å². The lowest BCUT2D eigenvalue weighted by molar-refractivity contribution is -0.0160. The van der Waals surface area contributed by atoms with E-state index in [1.54, 1.807) is 0 Å². The molecule has 2 N–H and O–H groups in total. The van der Waals surface area contributed by atoms with Gasteiger partial charge in [0.05, 0.1) is 18.8 Å². The highest BCUT2D eigenvalue weighted by Gasteiger charge is 2.22. The van der Waals surface area contributed by atoms with Gasteiger partial charge in [0.1, 0.15) is 0 Å². The van der Waals surface area contributed by atoms with E-state index in [1.807, 2.05) is 0 Å². The van der Waals surface area contributed by atoms with Gasteiger partial charge in [0.2, 0.25) is 0 Å². The molecule has 1 aliphatic rings. The fourth-order valence-corrected chi connectivity index (χ4v) is 1.31. The van der Waals surface area contributed by atoms with E-state index >= 15 is 0 Å². The lowest BCUT2D eigenvalue weighted by atomic mass is 10.1. The summed E-state index contributed by atoms with van der Waals surface area (Å²) >= 11 is 0. The van der Waals surface area contributed by atoms with Gasteiger partial charge >= 0.3 is 0 Å². The van der Waals surface area contributed by atoms with Crippen LogP contribution in [0.4, 0.5) is 0 Å². The standard InChI is InChI=1S/C9H19NO2/c1-7(2)5-10-8-6-12-4-3-9(8)11/h7-11H,3-6H2,1-2H3/t8-,9-/m1/s1. The SMILES string of the molecule is CC(C)CN[C@@H]1COCC[C@H]1O. The van der Waals surface area contributed by atoms with E-state index in [4.69, 9.17) is 4.74 Å². The van der Waals surface area contributed by atoms with Crippen molar-refractivity contribution in [2.45, 2.75) is 32.4 Å². The molecule has 0 saturated carbocycles. The average molecular weight is 173 g/mol. The number of nitrogens with one attached hydrogen (secondary N) is 1. The summed E-state index contributed by atoms with van der Waals surface area (Å²) in [5, 5.41) is 12.8. The van der Waals surface area contributed by atoms with Crippen LogP contribution in [0.1, 0.15) is 20.3 Å². The molecule has 0 spiro atoms. The summed E-state index contributed by atoms with van der Waals surface area (Å²) in [6.45, 7) is 6.60. The second-order valence-electron chi connectivity index (χ2n) is 3.84. The molecule has 0 unspecified atom stereocenters. The van der Waals surface area contributed by atoms with Crippen molar-refractivity contribution in [2.24, 2.45) is 5.92 Å². The first-order valence-electron chi connectivity index (χ1n) is 4.69. The molecule has 0 amide bonds. The van der Waals surface area contributed by atoms with Crippen LogP contribution in [0.3, 0.4) is 0 Å². The first kappa shape index (κ1) is 9.96. The lowest BCUT2D eigenvalue weighted by Crippen LogP contribution is -2.48. The van der Waals surface area contributed by atoms with Gasteiger partial charge in [0.15, 0.2) is 0 Å². The highest BCUT2D eigenvalue weighted by molar-refractivity contribution is 4.78. The Hall–Kier alpha value is -0.120. The molecule has 0 bridgehead atoms. The average Bonchev–Trinajstić information content (AvgIpc) is 2.03. The van der Waals surface area contributed by atoms with Gasteiger partial charge in [-0.15, -0.1) is 0 Å². The van der Waals surface area contributed by atoms with Crippen LogP contribution in [0.15, 0.2) is 0 Å². The molecular weight excluding hydrogens is 154 g/mol. The molecule has 0 aliphatic carbocycles. The molecule has 2 atom stereocenters. The van der Waals surface area contributed by atoms with Gasteiger partial charge in [-0.05, 0) is 18.9 Å². The summed E-state index contributed by atoms with van der Waals surface area (Å²) in [6.07, 6.45) is 0.535. The number of rotatable bonds is 3. The molecule has 1 rings (SSSR count). The predicted octanol–water partition coefficient (Wildman–Crippen LogP) is 0.382. The molecule has 72 valence electrons. The van der Waals surface area contributed by atoms with Crippen LogP contribution in [-0.2, 0) is 4.74 Å². The molecule has 1 saturated heterocycles. The summed E-state index contributed by atoms with van der Waals surface area (Å²) in [5.41, 5.74) is 0. The second-order valence-corrected chi connectivity index (χ2v) is 3.84. The Balaban J connectivity index is 2.20. The first-order chi connectivity index (χ1) is 5.70. The van der Waals surface area contributed by atoms with Gasteiger partial charge in [-0.2, -0.15) is 0 Å². The maximum Gasteiger partial charge on any atom is 0.0737 e. The zero-order valence-electron chi connectivity index (χ0n) is 7.92. The minimum absolute atomic E-state index is 0.140. The van der Waals surface area contributed by atoms with Crippen LogP contribution >= 0.6 is 0 Å². The minimum atomic E-state index is -0.225. The molecular formula is C9H19NO2. The zero-order valence-corrected chi connectivity index (χ0v) is 7.92. The van der Waals surface area contributed by atoms with Crippen molar-refractivity contribution >= 4 is 0 Å². The Labute approximate surface area is 74.1 Å². The molecule has 1 heterocycles. The van der Waals surface area contributed by atoms with E-state index in [9.17, 15) is 5.11 Å². The minimum Gasteiger partial charge on any atom is -0.391 e. The Bertz CT molecular complexity index is 128. The van der Waals surface area contributed by atoms with Crippen molar-refractivity contribution in [2.75, 3.05) is 19.8 Å². The fourth-order valence-electron chi connectivity index (χ4n) is 1.31. The van der Waals surface area contributed by atoms with Crippen molar-refractivity contribution in [3.8, 4) is 0 Å². The van der Waals surface area contributed by atoms with E-state index < -0.39 is 0 Å². The van der Waals surface area contributed by atoms with E-state index in [0.29, 0.717) is 19.1 Å². The number of aliphatic hydroxyl groups excluding tert-OH is 1. The smallest absolute Gasteiger partial charge is 0.0737 e. The van der Waals surface area contributed by atoms with Gasteiger partial charge in [-0.3, -0.25) is 0 Å². The molecule has 0 aromatic heterocycles. The number of hydrogen-bond donors (Lipinski definition) is 2. The second kappa shape index (κ2) is 4.80. The third kappa shape index (κ3) is 3.09. The monoisotopic (exact) mass is 173 g/mol. The molecule has 0 radical (unpaired) electrons. The maximum absolute atomic E-state index is 9.54. The highest BCUT2D eigenvalue weighted by Crippen LogP contribution is 2.07. The Morgan fingerprint density at radius 1 is 1.58 bits per heavy atom. The molecule has 0 aromatic rings. The van der Waals surface area contributed by atoms with Gasteiger partial charge in [-0.25, -0.2) is 0 Å². The quantitative estimate of drug-likeness (QED) is 0.648. The van der Waals surface area contributed by atoms with Crippen LogP contribution in [0.25, 0.3) is 0 Å². The van der Waals surface area contributed by atoms with Crippen molar-refractivity contribution in [1.82, 2.24) is 5.32 Å². The predicted molar refractivity (Wildman–Crippen MR) is 48.1 cm³/mol. The summed E-state index contributed by atoms with van der Waals surface area (Å²) in [6, 6.07) is 0.140. The molecule has 1 fully saturated rings. The van der Waals surface area contributed by atoms with E-state index in [1.165, 1.54) is 0 Å². The summed E-state index contributed by atoms with van der Waals surface area (Å²) in [7, 11) is 0. The van der Waals surface area contributed by atoms with Crippen LogP contribution in [0.2, 0.25) is 0 Å². The molecule has 0 aromatic carbocycles.